The van der Waals surface area contributed by atoms with Gasteiger partial charge in [-0.05, 0) is 58.7 Å². The van der Waals surface area contributed by atoms with Crippen molar-refractivity contribution in [2.24, 2.45) is 0 Å². The molecule has 0 fully saturated rings. The van der Waals surface area contributed by atoms with Crippen molar-refractivity contribution in [3.05, 3.63) is 224 Å². The van der Waals surface area contributed by atoms with Gasteiger partial charge in [-0.25, -0.2) is 4.98 Å². The Kier molecular flexibility index (Phi) is 8.50. The molecule has 0 aliphatic heterocycles. The maximum atomic E-state index is 5.56. The van der Waals surface area contributed by atoms with E-state index in [9.17, 15) is 0 Å². The van der Waals surface area contributed by atoms with E-state index in [4.69, 9.17) is 4.98 Å². The summed E-state index contributed by atoms with van der Waals surface area (Å²) in [6.45, 7) is 0. The summed E-state index contributed by atoms with van der Waals surface area (Å²) in [6, 6.07) is 81.4. The summed E-state index contributed by atoms with van der Waals surface area (Å²) in [5.74, 6) is 0. The van der Waals surface area contributed by atoms with E-state index < -0.39 is 7.92 Å². The molecule has 0 saturated carbocycles. The zero-order valence-corrected chi connectivity index (χ0v) is 32.6. The van der Waals surface area contributed by atoms with Gasteiger partial charge in [0.1, 0.15) is 0 Å². The first-order chi connectivity index (χ1) is 28.8. The van der Waals surface area contributed by atoms with E-state index in [1.165, 1.54) is 54.2 Å². The van der Waals surface area contributed by atoms with Crippen LogP contribution < -0.4 is 15.9 Å². The number of hydrogen-bond acceptors (Lipinski definition) is 1. The number of nitrogens with zero attached hydrogens (tertiary/aromatic N) is 2. The third-order valence-corrected chi connectivity index (χ3v) is 13.8. The van der Waals surface area contributed by atoms with Gasteiger partial charge < -0.3 is 4.57 Å². The zero-order valence-electron chi connectivity index (χ0n) is 31.7. The van der Waals surface area contributed by atoms with Crippen molar-refractivity contribution in [3.63, 3.8) is 0 Å². The Morgan fingerprint density at radius 3 is 1.53 bits per heavy atom. The van der Waals surface area contributed by atoms with Crippen LogP contribution in [0.1, 0.15) is 0 Å². The molecule has 0 radical (unpaired) electrons. The molecule has 272 valence electrons. The van der Waals surface area contributed by atoms with E-state index in [0.29, 0.717) is 0 Å². The molecule has 11 aromatic rings. The van der Waals surface area contributed by atoms with Gasteiger partial charge >= 0.3 is 0 Å². The standard InChI is InChI=1S/C55H37N2P/c1-5-16-41(17-6-1)53-50-37-36-48-47-24-13-14-27-51(47)57(42-18-7-2-8-19-42)55(48)52(50)49-26-15-25-46(54(49)56-53)40-30-28-38(29-31-40)39-32-34-45(35-33-39)58(43-20-9-3-10-21-43)44-22-11-4-12-23-44/h1-37H. The largest absolute Gasteiger partial charge is 0.309 e. The summed E-state index contributed by atoms with van der Waals surface area (Å²) in [6.07, 6.45) is 0. The predicted molar refractivity (Wildman–Crippen MR) is 249 cm³/mol. The molecule has 2 heterocycles. The lowest BCUT2D eigenvalue weighted by molar-refractivity contribution is 1.19. The molecule has 9 aromatic carbocycles. The second kappa shape index (κ2) is 14.4. The molecular weight excluding hydrogens is 720 g/mol. The highest BCUT2D eigenvalue weighted by Crippen LogP contribution is 2.44. The molecule has 2 nitrogen and oxygen atoms in total. The fourth-order valence-corrected chi connectivity index (χ4v) is 11.0. The lowest BCUT2D eigenvalue weighted by Crippen LogP contribution is -2.20. The van der Waals surface area contributed by atoms with Gasteiger partial charge in [0.25, 0.3) is 0 Å². The molecule has 0 spiro atoms. The minimum atomic E-state index is -0.654. The molecule has 2 aromatic heterocycles. The van der Waals surface area contributed by atoms with E-state index in [-0.39, 0.29) is 0 Å². The topological polar surface area (TPSA) is 17.8 Å². The third-order valence-electron chi connectivity index (χ3n) is 11.4. The first-order valence-corrected chi connectivity index (χ1v) is 21.1. The molecular formula is C55H37N2P. The van der Waals surface area contributed by atoms with Gasteiger partial charge in [-0.2, -0.15) is 0 Å². The molecule has 0 amide bonds. The van der Waals surface area contributed by atoms with Crippen molar-refractivity contribution >= 4 is 67.3 Å². The monoisotopic (exact) mass is 756 g/mol. The van der Waals surface area contributed by atoms with Crippen molar-refractivity contribution in [1.29, 1.82) is 0 Å². The molecule has 0 saturated heterocycles. The Morgan fingerprint density at radius 2 is 0.862 bits per heavy atom. The van der Waals surface area contributed by atoms with E-state index in [0.717, 1.165) is 44.4 Å². The minimum absolute atomic E-state index is 0.654. The third kappa shape index (κ3) is 5.81. The fourth-order valence-electron chi connectivity index (χ4n) is 8.71. The van der Waals surface area contributed by atoms with Crippen molar-refractivity contribution < 1.29 is 0 Å². The first kappa shape index (κ1) is 34.2. The van der Waals surface area contributed by atoms with Gasteiger partial charge in [-0.1, -0.05) is 206 Å². The maximum absolute atomic E-state index is 5.56. The molecule has 0 aliphatic rings. The fraction of sp³-hybridized carbons (Fsp3) is 0. The second-order valence-corrected chi connectivity index (χ2v) is 17.0. The highest BCUT2D eigenvalue weighted by atomic mass is 31.1. The highest BCUT2D eigenvalue weighted by molar-refractivity contribution is 7.79. The van der Waals surface area contributed by atoms with Crippen LogP contribution in [0.5, 0.6) is 0 Å². The Hall–Kier alpha value is -7.12. The summed E-state index contributed by atoms with van der Waals surface area (Å²) < 4.78 is 2.44. The van der Waals surface area contributed by atoms with Gasteiger partial charge in [-0.3, -0.25) is 0 Å². The number of fused-ring (bicyclic) bond motifs is 7. The van der Waals surface area contributed by atoms with Gasteiger partial charge in [0, 0.05) is 43.7 Å². The molecule has 11 rings (SSSR count). The van der Waals surface area contributed by atoms with Crippen LogP contribution in [0.4, 0.5) is 0 Å². The molecule has 0 N–H and O–H groups in total. The van der Waals surface area contributed by atoms with Crippen LogP contribution in [-0.4, -0.2) is 9.55 Å². The predicted octanol–water partition coefficient (Wildman–Crippen LogP) is 13.2. The van der Waals surface area contributed by atoms with Crippen LogP contribution in [0.25, 0.3) is 82.7 Å². The number of aromatic nitrogens is 2. The molecule has 0 bridgehead atoms. The number of pyridine rings is 1. The van der Waals surface area contributed by atoms with Crippen LogP contribution >= 0.6 is 7.92 Å². The summed E-state index contributed by atoms with van der Waals surface area (Å²) in [4.78, 5) is 5.56. The quantitative estimate of drug-likeness (QED) is 0.117. The van der Waals surface area contributed by atoms with Crippen LogP contribution in [0.3, 0.4) is 0 Å². The van der Waals surface area contributed by atoms with E-state index in [2.05, 4.69) is 229 Å². The van der Waals surface area contributed by atoms with Crippen LogP contribution in [0.15, 0.2) is 224 Å². The summed E-state index contributed by atoms with van der Waals surface area (Å²) in [5.41, 5.74) is 11.3. The lowest BCUT2D eigenvalue weighted by atomic mass is 9.93. The van der Waals surface area contributed by atoms with E-state index >= 15 is 0 Å². The summed E-state index contributed by atoms with van der Waals surface area (Å²) in [5, 5.41) is 10.0. The average molecular weight is 757 g/mol. The van der Waals surface area contributed by atoms with Gasteiger partial charge in [0.15, 0.2) is 0 Å². The van der Waals surface area contributed by atoms with Gasteiger partial charge in [0.2, 0.25) is 0 Å². The molecule has 0 atom stereocenters. The number of benzene rings is 9. The van der Waals surface area contributed by atoms with E-state index in [1.807, 2.05) is 0 Å². The van der Waals surface area contributed by atoms with Crippen molar-refractivity contribution in [1.82, 2.24) is 9.55 Å². The summed E-state index contributed by atoms with van der Waals surface area (Å²) in [7, 11) is -0.654. The average Bonchev–Trinajstić information content (AvgIpc) is 3.65. The highest BCUT2D eigenvalue weighted by Gasteiger charge is 2.21. The Labute approximate surface area is 339 Å². The SMILES string of the molecule is c1ccc(-c2nc3c(-c4ccc(-c5ccc(P(c6ccccc6)c6ccccc6)cc5)cc4)cccc3c3c2ccc2c4ccccc4n(-c4ccccc4)c23)cc1. The van der Waals surface area contributed by atoms with Crippen LogP contribution in [0.2, 0.25) is 0 Å². The van der Waals surface area contributed by atoms with Crippen molar-refractivity contribution in [2.45, 2.75) is 0 Å². The Morgan fingerprint density at radius 1 is 0.345 bits per heavy atom. The number of hydrogen-bond donors (Lipinski definition) is 0. The molecule has 0 aliphatic carbocycles. The smallest absolute Gasteiger partial charge is 0.0795 e. The molecule has 0 unspecified atom stereocenters. The molecule has 58 heavy (non-hydrogen) atoms. The van der Waals surface area contributed by atoms with Gasteiger partial charge in [0.05, 0.1) is 22.2 Å². The Balaban J connectivity index is 1.07. The zero-order chi connectivity index (χ0) is 38.4. The summed E-state index contributed by atoms with van der Waals surface area (Å²) >= 11 is 0. The molecule has 3 heteroatoms. The lowest BCUT2D eigenvalue weighted by Gasteiger charge is -2.19. The van der Waals surface area contributed by atoms with Crippen molar-refractivity contribution in [3.8, 4) is 39.2 Å². The van der Waals surface area contributed by atoms with Crippen LogP contribution in [0, 0.1) is 0 Å². The minimum Gasteiger partial charge on any atom is -0.309 e. The van der Waals surface area contributed by atoms with Gasteiger partial charge in [-0.15, -0.1) is 0 Å². The van der Waals surface area contributed by atoms with Crippen LogP contribution in [-0.2, 0) is 0 Å². The van der Waals surface area contributed by atoms with E-state index in [1.54, 1.807) is 0 Å². The van der Waals surface area contributed by atoms with Crippen molar-refractivity contribution in [2.75, 3.05) is 0 Å². The Bertz CT molecular complexity index is 3190. The normalized spacial score (nSPS) is 11.6. The maximum Gasteiger partial charge on any atom is 0.0795 e. The number of para-hydroxylation sites is 3. The second-order valence-electron chi connectivity index (χ2n) is 14.7. The first-order valence-electron chi connectivity index (χ1n) is 19.8. The number of rotatable bonds is 7.